The summed E-state index contributed by atoms with van der Waals surface area (Å²) in [7, 11) is 0. The molecule has 0 N–H and O–H groups in total. The molecule has 2 rings (SSSR count). The Balaban J connectivity index is 1.94. The van der Waals surface area contributed by atoms with Gasteiger partial charge in [-0.15, -0.1) is 0 Å². The molecule has 17 heavy (non-hydrogen) atoms. The molecule has 1 heterocycles. The quantitative estimate of drug-likeness (QED) is 0.748. The van der Waals surface area contributed by atoms with E-state index in [1.165, 1.54) is 25.0 Å². The van der Waals surface area contributed by atoms with E-state index in [2.05, 4.69) is 11.8 Å². The van der Waals surface area contributed by atoms with E-state index < -0.39 is 0 Å². The van der Waals surface area contributed by atoms with E-state index in [-0.39, 0.29) is 11.6 Å². The number of likely N-dealkylation sites (tertiary alicyclic amines) is 1. The molecular weight excluding hydrogens is 217 g/mol. The zero-order valence-corrected chi connectivity index (χ0v) is 10.2. The number of nitrogens with zero attached hydrogens (tertiary/aromatic N) is 1. The molecule has 0 amide bonds. The largest absolute Gasteiger partial charge is 0.296 e. The Labute approximate surface area is 101 Å². The van der Waals surface area contributed by atoms with E-state index in [4.69, 9.17) is 0 Å². The zero-order valence-electron chi connectivity index (χ0n) is 10.2. The van der Waals surface area contributed by atoms with E-state index in [0.717, 1.165) is 19.0 Å². The lowest BCUT2D eigenvalue weighted by Gasteiger charge is -2.14. The van der Waals surface area contributed by atoms with Crippen molar-refractivity contribution in [2.24, 2.45) is 5.92 Å². The van der Waals surface area contributed by atoms with Crippen molar-refractivity contribution in [2.45, 2.75) is 19.8 Å². The van der Waals surface area contributed by atoms with Crippen LogP contribution in [-0.4, -0.2) is 30.3 Å². The average molecular weight is 235 g/mol. The van der Waals surface area contributed by atoms with Gasteiger partial charge in [-0.05, 0) is 31.0 Å². The molecule has 0 saturated carbocycles. The Hall–Kier alpha value is -1.22. The summed E-state index contributed by atoms with van der Waals surface area (Å²) in [5.74, 6) is 0.389. The summed E-state index contributed by atoms with van der Waals surface area (Å²) < 4.78 is 13.0. The lowest BCUT2D eigenvalue weighted by atomic mass is 10.1. The van der Waals surface area contributed by atoms with Gasteiger partial charge in [-0.1, -0.05) is 25.5 Å². The van der Waals surface area contributed by atoms with E-state index in [1.54, 1.807) is 12.1 Å². The monoisotopic (exact) mass is 235 g/mol. The van der Waals surface area contributed by atoms with Crippen LogP contribution >= 0.6 is 0 Å². The first-order valence-electron chi connectivity index (χ1n) is 6.20. The Morgan fingerprint density at radius 3 is 3.00 bits per heavy atom. The van der Waals surface area contributed by atoms with E-state index in [1.807, 2.05) is 0 Å². The van der Waals surface area contributed by atoms with Gasteiger partial charge in [0.15, 0.2) is 5.78 Å². The Morgan fingerprint density at radius 1 is 1.53 bits per heavy atom. The van der Waals surface area contributed by atoms with Crippen LogP contribution in [0.5, 0.6) is 0 Å². The van der Waals surface area contributed by atoms with E-state index in [9.17, 15) is 9.18 Å². The molecule has 1 aliphatic rings. The highest BCUT2D eigenvalue weighted by atomic mass is 19.1. The van der Waals surface area contributed by atoms with E-state index in [0.29, 0.717) is 12.1 Å². The fourth-order valence-corrected chi connectivity index (χ4v) is 2.35. The Morgan fingerprint density at radius 2 is 2.35 bits per heavy atom. The van der Waals surface area contributed by atoms with Gasteiger partial charge in [-0.3, -0.25) is 9.69 Å². The Kier molecular flexibility index (Phi) is 3.89. The fourth-order valence-electron chi connectivity index (χ4n) is 2.35. The number of ketones is 1. The van der Waals surface area contributed by atoms with Crippen LogP contribution in [0.4, 0.5) is 4.39 Å². The molecule has 1 aromatic rings. The first kappa shape index (κ1) is 12.2. The number of carbonyl (C=O) groups excluding carboxylic acids is 1. The van der Waals surface area contributed by atoms with Gasteiger partial charge in [0, 0.05) is 12.1 Å². The van der Waals surface area contributed by atoms with Crippen LogP contribution in [-0.2, 0) is 0 Å². The van der Waals surface area contributed by atoms with Gasteiger partial charge in [0.2, 0.25) is 0 Å². The number of carbonyl (C=O) groups is 1. The lowest BCUT2D eigenvalue weighted by molar-refractivity contribution is 0.0942. The summed E-state index contributed by atoms with van der Waals surface area (Å²) in [6, 6.07) is 5.94. The standard InChI is InChI=1S/C14H18FNO/c1-2-11-6-7-16(9-11)10-14(17)12-4-3-5-13(15)8-12/h3-5,8,11H,2,6-7,9-10H2,1H3. The predicted octanol–water partition coefficient (Wildman–Crippen LogP) is 2.74. The van der Waals surface area contributed by atoms with Gasteiger partial charge in [0.1, 0.15) is 5.82 Å². The molecule has 3 heteroatoms. The smallest absolute Gasteiger partial charge is 0.176 e. The van der Waals surface area contributed by atoms with Crippen molar-refractivity contribution in [2.75, 3.05) is 19.6 Å². The molecule has 1 atom stereocenters. The lowest BCUT2D eigenvalue weighted by Crippen LogP contribution is -2.27. The molecule has 1 aliphatic heterocycles. The number of hydrogen-bond donors (Lipinski definition) is 0. The second-order valence-corrected chi connectivity index (χ2v) is 4.73. The van der Waals surface area contributed by atoms with Crippen molar-refractivity contribution in [1.82, 2.24) is 4.90 Å². The SMILES string of the molecule is CCC1CCN(CC(=O)c2cccc(F)c2)C1. The molecule has 1 saturated heterocycles. The van der Waals surface area contributed by atoms with Gasteiger partial charge in [-0.25, -0.2) is 4.39 Å². The zero-order chi connectivity index (χ0) is 12.3. The molecule has 0 aromatic heterocycles. The van der Waals surface area contributed by atoms with Gasteiger partial charge >= 0.3 is 0 Å². The fraction of sp³-hybridized carbons (Fsp3) is 0.500. The minimum Gasteiger partial charge on any atom is -0.296 e. The van der Waals surface area contributed by atoms with Crippen LogP contribution in [0.3, 0.4) is 0 Å². The van der Waals surface area contributed by atoms with Crippen molar-refractivity contribution in [1.29, 1.82) is 0 Å². The van der Waals surface area contributed by atoms with Crippen LogP contribution in [0, 0.1) is 11.7 Å². The number of rotatable bonds is 4. The summed E-state index contributed by atoms with van der Waals surface area (Å²) in [6.07, 6.45) is 2.34. The third-order valence-electron chi connectivity index (χ3n) is 3.46. The molecule has 1 fully saturated rings. The molecule has 92 valence electrons. The van der Waals surface area contributed by atoms with Gasteiger partial charge in [-0.2, -0.15) is 0 Å². The highest BCUT2D eigenvalue weighted by Crippen LogP contribution is 2.19. The number of hydrogen-bond acceptors (Lipinski definition) is 2. The highest BCUT2D eigenvalue weighted by molar-refractivity contribution is 5.97. The van der Waals surface area contributed by atoms with Crippen molar-refractivity contribution >= 4 is 5.78 Å². The topological polar surface area (TPSA) is 20.3 Å². The van der Waals surface area contributed by atoms with Crippen LogP contribution in [0.15, 0.2) is 24.3 Å². The van der Waals surface area contributed by atoms with Crippen LogP contribution in [0.25, 0.3) is 0 Å². The van der Waals surface area contributed by atoms with Crippen molar-refractivity contribution in [3.63, 3.8) is 0 Å². The predicted molar refractivity (Wildman–Crippen MR) is 65.6 cm³/mol. The molecule has 0 aliphatic carbocycles. The van der Waals surface area contributed by atoms with Crippen LogP contribution in [0.1, 0.15) is 30.1 Å². The maximum absolute atomic E-state index is 13.0. The maximum Gasteiger partial charge on any atom is 0.176 e. The molecule has 2 nitrogen and oxygen atoms in total. The third-order valence-corrected chi connectivity index (χ3v) is 3.46. The summed E-state index contributed by atoms with van der Waals surface area (Å²) in [6.45, 7) is 4.58. The molecular formula is C14H18FNO. The summed E-state index contributed by atoms with van der Waals surface area (Å²) in [4.78, 5) is 14.1. The highest BCUT2D eigenvalue weighted by Gasteiger charge is 2.22. The second-order valence-electron chi connectivity index (χ2n) is 4.73. The maximum atomic E-state index is 13.0. The summed E-state index contributed by atoms with van der Waals surface area (Å²) >= 11 is 0. The van der Waals surface area contributed by atoms with Gasteiger partial charge in [0.05, 0.1) is 6.54 Å². The van der Waals surface area contributed by atoms with Crippen LogP contribution in [0.2, 0.25) is 0 Å². The number of halogens is 1. The average Bonchev–Trinajstić information content (AvgIpc) is 2.77. The van der Waals surface area contributed by atoms with E-state index >= 15 is 0 Å². The molecule has 1 aromatic carbocycles. The number of benzene rings is 1. The van der Waals surface area contributed by atoms with Gasteiger partial charge < -0.3 is 0 Å². The normalized spacial score (nSPS) is 20.7. The summed E-state index contributed by atoms with van der Waals surface area (Å²) in [5.41, 5.74) is 0.477. The van der Waals surface area contributed by atoms with Crippen molar-refractivity contribution in [3.05, 3.63) is 35.6 Å². The van der Waals surface area contributed by atoms with Crippen molar-refractivity contribution < 1.29 is 9.18 Å². The van der Waals surface area contributed by atoms with Crippen molar-refractivity contribution in [3.8, 4) is 0 Å². The first-order valence-corrected chi connectivity index (χ1v) is 6.20. The third kappa shape index (κ3) is 3.13. The van der Waals surface area contributed by atoms with Gasteiger partial charge in [0.25, 0.3) is 0 Å². The Bertz CT molecular complexity index is 405. The minimum absolute atomic E-state index is 0.0150. The van der Waals surface area contributed by atoms with Crippen LogP contribution < -0.4 is 0 Å². The first-order chi connectivity index (χ1) is 8.19. The number of Topliss-reactive ketones (excluding diaryl/α,β-unsaturated/α-hetero) is 1. The second kappa shape index (κ2) is 5.41. The molecule has 1 unspecified atom stereocenters. The molecule has 0 radical (unpaired) electrons. The summed E-state index contributed by atoms with van der Waals surface area (Å²) in [5, 5.41) is 0. The molecule has 0 spiro atoms. The molecule has 0 bridgehead atoms. The minimum atomic E-state index is -0.344.